The van der Waals surface area contributed by atoms with Crippen LogP contribution < -0.4 is 10.2 Å². The number of aliphatic imine (C=N–C) groups is 2. The first kappa shape index (κ1) is 25.6. The summed E-state index contributed by atoms with van der Waals surface area (Å²) in [6.45, 7) is 0. The second kappa shape index (κ2) is 10.3. The zero-order valence-electron chi connectivity index (χ0n) is 15.6. The lowest BCUT2D eigenvalue weighted by molar-refractivity contribution is -0.215. The van der Waals surface area contributed by atoms with Gasteiger partial charge < -0.3 is 10.2 Å². The Balaban J connectivity index is 2.51. The molecule has 0 heterocycles. The summed E-state index contributed by atoms with van der Waals surface area (Å²) in [6, 6.07) is 6.31. The van der Waals surface area contributed by atoms with Crippen LogP contribution >= 0.6 is 23.2 Å². The second-order valence-corrected chi connectivity index (χ2v) is 9.05. The van der Waals surface area contributed by atoms with Gasteiger partial charge in [-0.1, -0.05) is 0 Å². The summed E-state index contributed by atoms with van der Waals surface area (Å²) in [7, 11) is -9.59. The minimum absolute atomic E-state index is 0.116. The maximum atomic E-state index is 11.6. The molecule has 0 fully saturated rings. The third-order valence-corrected chi connectivity index (χ3v) is 5.67. The molecule has 16 heteroatoms. The molecule has 0 spiro atoms. The van der Waals surface area contributed by atoms with Crippen LogP contribution in [0.4, 0.5) is 22.7 Å². The van der Waals surface area contributed by atoms with E-state index in [1.807, 2.05) is 0 Å². The highest BCUT2D eigenvalue weighted by atomic mass is 35.5. The molecule has 0 amide bonds. The fraction of sp³-hybridized carbons (Fsp3) is 0.125. The maximum absolute atomic E-state index is 11.6. The average molecular weight is 523 g/mol. The van der Waals surface area contributed by atoms with Crippen molar-refractivity contribution >= 4 is 78.0 Å². The van der Waals surface area contributed by atoms with Crippen LogP contribution in [0.1, 0.15) is 0 Å². The molecule has 32 heavy (non-hydrogen) atoms. The molecule has 2 N–H and O–H groups in total. The van der Waals surface area contributed by atoms with Crippen LogP contribution in [0.15, 0.2) is 66.4 Å². The van der Waals surface area contributed by atoms with Crippen molar-refractivity contribution in [3.05, 3.63) is 36.4 Å². The molecule has 0 unspecified atom stereocenters. The van der Waals surface area contributed by atoms with Gasteiger partial charge in [0.1, 0.15) is 9.79 Å². The van der Waals surface area contributed by atoms with E-state index >= 15 is 0 Å². The Bertz CT molecular complexity index is 1220. The summed E-state index contributed by atoms with van der Waals surface area (Å²) in [5.41, 5.74) is -0.981. The number of alkyl halides is 2. The van der Waals surface area contributed by atoms with Crippen molar-refractivity contribution in [2.75, 3.05) is 11.8 Å². The van der Waals surface area contributed by atoms with Crippen LogP contribution in [0, 0.1) is 0 Å². The van der Waals surface area contributed by atoms with E-state index in [4.69, 9.17) is 23.2 Å². The molecule has 0 saturated heterocycles. The standard InChI is InChI=1S/C16H14Cl2N4O8S2/c17-7-15(23)19-11-3-1-9(5-13(11)31(25,26)27)21-22-10-2-4-12(20-16(24)8-18)14(6-10)32(28,29)30/h1-6H,7-8H2,(H,19,23)(H,20,24)(H,25,26,27)(H,28,29,30)/p-2. The van der Waals surface area contributed by atoms with Gasteiger partial charge >= 0.3 is 0 Å². The quantitative estimate of drug-likeness (QED) is 0.171. The topological polar surface area (TPSA) is 204 Å². The molecule has 0 bridgehead atoms. The van der Waals surface area contributed by atoms with E-state index in [-0.39, 0.29) is 22.7 Å². The van der Waals surface area contributed by atoms with E-state index < -0.39 is 53.6 Å². The van der Waals surface area contributed by atoms with E-state index in [0.717, 1.165) is 24.3 Å². The van der Waals surface area contributed by atoms with Gasteiger partial charge in [-0.25, -0.2) is 0 Å². The van der Waals surface area contributed by atoms with Gasteiger partial charge in [-0.2, -0.15) is 27.1 Å². The van der Waals surface area contributed by atoms with Crippen LogP contribution in [-0.2, 0) is 20.2 Å². The van der Waals surface area contributed by atoms with Gasteiger partial charge in [0.15, 0.2) is 0 Å². The summed E-state index contributed by atoms with van der Waals surface area (Å²) in [5.74, 6) is -2.72. The first-order valence-electron chi connectivity index (χ1n) is 8.11. The van der Waals surface area contributed by atoms with Crippen molar-refractivity contribution in [3.63, 3.8) is 0 Å². The third kappa shape index (κ3) is 6.94. The molecule has 0 saturated carbocycles. The molecule has 2 rings (SSSR count). The molecule has 12 nitrogen and oxygen atoms in total. The Hall–Kier alpha value is -2.62. The van der Waals surface area contributed by atoms with Crippen LogP contribution in [0.3, 0.4) is 0 Å². The van der Waals surface area contributed by atoms with Crippen molar-refractivity contribution in [1.29, 1.82) is 0 Å². The normalized spacial score (nSPS) is 13.6. The van der Waals surface area contributed by atoms with Crippen LogP contribution in [0.5, 0.6) is 0 Å². The molecule has 0 aliphatic rings. The minimum atomic E-state index is -4.80. The maximum Gasteiger partial charge on any atom is 0.296 e. The van der Waals surface area contributed by atoms with Crippen molar-refractivity contribution in [3.8, 4) is 0 Å². The molecule has 0 aromatic heterocycles. The molecule has 2 aromatic rings. The highest BCUT2D eigenvalue weighted by Crippen LogP contribution is 2.32. The summed E-state index contributed by atoms with van der Waals surface area (Å²) in [5, 5.41) is 30.2. The predicted octanol–water partition coefficient (Wildman–Crippen LogP) is 1.85. The molecule has 0 aliphatic heterocycles. The Morgan fingerprint density at radius 1 is 0.750 bits per heavy atom. The SMILES string of the molecule is O=S(=O)(O)c1cc(N=Nc2ccc(N=C([O-])CCl)c(S(=O)(=O)O)c2)ccc1N=C([O-])CCl. The first-order chi connectivity index (χ1) is 14.8. The van der Waals surface area contributed by atoms with Crippen molar-refractivity contribution in [2.24, 2.45) is 20.2 Å². The van der Waals surface area contributed by atoms with Gasteiger partial charge in [0, 0.05) is 0 Å². The number of benzene rings is 2. The van der Waals surface area contributed by atoms with E-state index in [0.29, 0.717) is 0 Å². The predicted molar refractivity (Wildman–Crippen MR) is 112 cm³/mol. The van der Waals surface area contributed by atoms with Gasteiger partial charge in [0.05, 0.1) is 34.5 Å². The van der Waals surface area contributed by atoms with E-state index in [1.165, 1.54) is 12.1 Å². The Morgan fingerprint density at radius 2 is 1.09 bits per heavy atom. The van der Waals surface area contributed by atoms with Gasteiger partial charge in [0.25, 0.3) is 20.2 Å². The Labute approximate surface area is 192 Å². The number of rotatable bonds is 8. The number of hydrogen-bond donors (Lipinski definition) is 2. The van der Waals surface area contributed by atoms with Crippen LogP contribution in [0.25, 0.3) is 0 Å². The third-order valence-electron chi connectivity index (χ3n) is 3.44. The van der Waals surface area contributed by atoms with Gasteiger partial charge in [-0.3, -0.25) is 19.1 Å². The number of nitrogens with zero attached hydrogens (tertiary/aromatic N) is 4. The fourth-order valence-corrected chi connectivity index (χ4v) is 3.59. The monoisotopic (exact) mass is 522 g/mol. The van der Waals surface area contributed by atoms with E-state index in [2.05, 4.69) is 20.2 Å². The molecular formula is C16H12Cl2N4O8S2-2. The summed E-state index contributed by atoms with van der Waals surface area (Å²) in [6.07, 6.45) is 0. The Morgan fingerprint density at radius 3 is 1.38 bits per heavy atom. The van der Waals surface area contributed by atoms with Gasteiger partial charge in [0.2, 0.25) is 0 Å². The lowest BCUT2D eigenvalue weighted by Crippen LogP contribution is -2.18. The summed E-state index contributed by atoms with van der Waals surface area (Å²) >= 11 is 10.7. The lowest BCUT2D eigenvalue weighted by Gasteiger charge is -2.09. The van der Waals surface area contributed by atoms with Gasteiger partial charge in [-0.05, 0) is 48.2 Å². The zero-order chi connectivity index (χ0) is 24.1. The van der Waals surface area contributed by atoms with Crippen molar-refractivity contribution in [1.82, 2.24) is 0 Å². The summed E-state index contributed by atoms with van der Waals surface area (Å²) < 4.78 is 65.1. The molecular weight excluding hydrogens is 511 g/mol. The lowest BCUT2D eigenvalue weighted by atomic mass is 10.3. The number of halogens is 2. The Kier molecular flexibility index (Phi) is 8.28. The van der Waals surface area contributed by atoms with E-state index in [9.17, 15) is 36.2 Å². The first-order valence-corrected chi connectivity index (χ1v) is 12.1. The molecule has 172 valence electrons. The molecule has 0 aliphatic carbocycles. The number of hydrogen-bond acceptors (Lipinski definition) is 10. The molecule has 2 aromatic carbocycles. The smallest absolute Gasteiger partial charge is 0.296 e. The van der Waals surface area contributed by atoms with Crippen LogP contribution in [0.2, 0.25) is 0 Å². The van der Waals surface area contributed by atoms with Crippen LogP contribution in [-0.4, -0.2) is 49.5 Å². The van der Waals surface area contributed by atoms with Crippen molar-refractivity contribution < 1.29 is 36.2 Å². The molecule has 0 radical (unpaired) electrons. The summed E-state index contributed by atoms with van der Waals surface area (Å²) in [4.78, 5) is 5.44. The molecule has 0 atom stereocenters. The largest absolute Gasteiger partial charge is 0.861 e. The van der Waals surface area contributed by atoms with E-state index in [1.54, 1.807) is 0 Å². The highest BCUT2D eigenvalue weighted by Gasteiger charge is 2.17. The highest BCUT2D eigenvalue weighted by molar-refractivity contribution is 7.86. The number of azo groups is 1. The van der Waals surface area contributed by atoms with Crippen molar-refractivity contribution in [2.45, 2.75) is 9.79 Å². The van der Waals surface area contributed by atoms with Gasteiger partial charge in [-0.15, -0.1) is 23.2 Å². The minimum Gasteiger partial charge on any atom is -0.861 e. The second-order valence-electron chi connectivity index (χ2n) is 5.73. The fourth-order valence-electron chi connectivity index (χ4n) is 2.17. The average Bonchev–Trinajstić information content (AvgIpc) is 2.71. The zero-order valence-corrected chi connectivity index (χ0v) is 18.7.